The average Bonchev–Trinajstić information content (AvgIpc) is 3.70. The number of carbonyl (C=O) groups is 2. The van der Waals surface area contributed by atoms with Gasteiger partial charge in [-0.05, 0) is 97.9 Å². The number of pyridine rings is 1. The second kappa shape index (κ2) is 19.2. The maximum absolute atomic E-state index is 14.6. The average molecular weight is 809 g/mol. The van der Waals surface area contributed by atoms with Crippen molar-refractivity contribution in [1.82, 2.24) is 30.4 Å². The summed E-state index contributed by atoms with van der Waals surface area (Å²) in [6.45, 7) is 19.6. The number of nitrogens with one attached hydrogen (secondary N) is 2. The fourth-order valence-corrected chi connectivity index (χ4v) is 9.36. The van der Waals surface area contributed by atoms with E-state index in [9.17, 15) is 14.0 Å². The predicted molar refractivity (Wildman–Crippen MR) is 227 cm³/mol. The van der Waals surface area contributed by atoms with Crippen LogP contribution < -0.4 is 15.4 Å². The molecular weight excluding hydrogens is 752 g/mol. The molecule has 2 aliphatic heterocycles. The number of piperazine rings is 1. The molecule has 0 unspecified atom stereocenters. The van der Waals surface area contributed by atoms with E-state index in [4.69, 9.17) is 9.47 Å². The molecule has 2 saturated heterocycles. The first kappa shape index (κ1) is 41.8. The molecule has 2 N–H and O–H groups in total. The van der Waals surface area contributed by atoms with E-state index in [2.05, 4.69) is 88.9 Å². The van der Waals surface area contributed by atoms with E-state index in [1.165, 1.54) is 28.5 Å². The summed E-state index contributed by atoms with van der Waals surface area (Å²) >= 11 is 1.51. The van der Waals surface area contributed by atoms with Crippen LogP contribution in [0.3, 0.4) is 0 Å². The number of morpholine rings is 1. The summed E-state index contributed by atoms with van der Waals surface area (Å²) in [4.78, 5) is 40.4. The highest BCUT2D eigenvalue weighted by molar-refractivity contribution is 7.10. The molecule has 4 aromatic rings. The molecule has 4 heterocycles. The number of hydrogen-bond acceptors (Lipinski definition) is 10. The van der Waals surface area contributed by atoms with Crippen molar-refractivity contribution in [1.29, 1.82) is 0 Å². The zero-order valence-electron chi connectivity index (χ0n) is 34.3. The van der Waals surface area contributed by atoms with Crippen LogP contribution in [0.1, 0.15) is 103 Å². The van der Waals surface area contributed by atoms with Crippen LogP contribution in [0.25, 0.3) is 11.1 Å². The summed E-state index contributed by atoms with van der Waals surface area (Å²) in [5.74, 6) is -0.0160. The molecule has 2 aromatic carbocycles. The lowest BCUT2D eigenvalue weighted by Gasteiger charge is -2.36. The topological polar surface area (TPSA) is 109 Å². The van der Waals surface area contributed by atoms with Crippen LogP contribution in [-0.2, 0) is 17.8 Å². The molecule has 2 aromatic heterocycles. The molecule has 58 heavy (non-hydrogen) atoms. The molecule has 3 fully saturated rings. The lowest BCUT2D eigenvalue weighted by molar-refractivity contribution is 0.0342. The normalized spacial score (nSPS) is 21.8. The first-order valence-corrected chi connectivity index (χ1v) is 21.7. The predicted octanol–water partition coefficient (Wildman–Crippen LogP) is 8.39. The Labute approximate surface area is 346 Å². The Morgan fingerprint density at radius 3 is 2.50 bits per heavy atom. The molecule has 0 spiro atoms. The van der Waals surface area contributed by atoms with Crippen molar-refractivity contribution in [2.75, 3.05) is 39.4 Å². The monoisotopic (exact) mass is 808 g/mol. The summed E-state index contributed by atoms with van der Waals surface area (Å²) in [6, 6.07) is 16.6. The standard InChI is InChI=1S/C46H57FN6O4S/c1-29(2)46-51-42(28-58-46)43(54)30(3)19-33-9-12-38(13-10-33)50-44(55)41-22-37(47)23-48-45(41)57-39-8-6-7-35(21-39)40-14-11-34(26-53-24-31(4)49-32(5)25-53)20-36(40)27-52-15-17-56-18-16-52/h6-8,11,14,20-23,28-29,31-33,38,49H,3,9-10,12-13,15-19,24-27H2,1-2,4-5H3,(H,50,55)/t31-,32+,33?,38?. The summed E-state index contributed by atoms with van der Waals surface area (Å²) in [6.07, 6.45) is 4.84. The number of allylic oxidation sites excluding steroid dienone is 1. The van der Waals surface area contributed by atoms with Gasteiger partial charge in [0.15, 0.2) is 0 Å². The quantitative estimate of drug-likeness (QED) is 0.0960. The second-order valence-electron chi connectivity index (χ2n) is 16.7. The molecule has 2 atom stereocenters. The van der Waals surface area contributed by atoms with Crippen molar-refractivity contribution in [2.24, 2.45) is 5.92 Å². The van der Waals surface area contributed by atoms with Crippen molar-refractivity contribution in [2.45, 2.75) is 96.9 Å². The van der Waals surface area contributed by atoms with E-state index in [-0.39, 0.29) is 29.2 Å². The van der Waals surface area contributed by atoms with Gasteiger partial charge in [0.05, 0.1) is 24.4 Å². The van der Waals surface area contributed by atoms with Gasteiger partial charge in [-0.2, -0.15) is 0 Å². The fourth-order valence-electron chi connectivity index (χ4n) is 8.55. The van der Waals surface area contributed by atoms with Crippen LogP contribution in [-0.4, -0.2) is 89.0 Å². The van der Waals surface area contributed by atoms with Gasteiger partial charge in [0.1, 0.15) is 22.8 Å². The number of rotatable bonds is 14. The molecular formula is C46H57FN6O4S. The number of Topliss-reactive ketones (excluding diaryl/α,β-unsaturated/α-hetero) is 1. The summed E-state index contributed by atoms with van der Waals surface area (Å²) in [5.41, 5.74) is 5.71. The molecule has 308 valence electrons. The van der Waals surface area contributed by atoms with Crippen molar-refractivity contribution in [3.05, 3.63) is 105 Å². The third kappa shape index (κ3) is 10.8. The van der Waals surface area contributed by atoms with E-state index in [1.54, 1.807) is 0 Å². The van der Waals surface area contributed by atoms with Crippen molar-refractivity contribution >= 4 is 23.0 Å². The maximum Gasteiger partial charge on any atom is 0.257 e. The van der Waals surface area contributed by atoms with Crippen LogP contribution in [0.4, 0.5) is 4.39 Å². The third-order valence-electron chi connectivity index (χ3n) is 11.4. The Morgan fingerprint density at radius 2 is 1.78 bits per heavy atom. The fraction of sp³-hybridized carbons (Fsp3) is 0.478. The third-order valence-corrected chi connectivity index (χ3v) is 12.6. The van der Waals surface area contributed by atoms with Gasteiger partial charge in [-0.25, -0.2) is 14.4 Å². The summed E-state index contributed by atoms with van der Waals surface area (Å²) in [7, 11) is 0. The number of carbonyl (C=O) groups excluding carboxylic acids is 2. The number of aromatic nitrogens is 2. The lowest BCUT2D eigenvalue weighted by atomic mass is 9.81. The number of halogens is 1. The van der Waals surface area contributed by atoms with Crippen LogP contribution in [0, 0.1) is 11.7 Å². The molecule has 1 amide bonds. The molecule has 3 aliphatic rings. The van der Waals surface area contributed by atoms with E-state index >= 15 is 0 Å². The van der Waals surface area contributed by atoms with Crippen LogP contribution in [0.15, 0.2) is 72.3 Å². The minimum absolute atomic E-state index is 0.0458. The lowest BCUT2D eigenvalue weighted by Crippen LogP contribution is -2.53. The molecule has 10 nitrogen and oxygen atoms in total. The van der Waals surface area contributed by atoms with Gasteiger partial charge in [0.25, 0.3) is 5.91 Å². The number of nitrogens with zero attached hydrogens (tertiary/aromatic N) is 4. The molecule has 7 rings (SSSR count). The maximum atomic E-state index is 14.6. The first-order chi connectivity index (χ1) is 28.0. The Hall–Kier alpha value is -4.33. The first-order valence-electron chi connectivity index (χ1n) is 20.8. The van der Waals surface area contributed by atoms with Crippen LogP contribution in [0.5, 0.6) is 11.6 Å². The Bertz CT molecular complexity index is 2060. The van der Waals surface area contributed by atoms with Gasteiger partial charge in [0, 0.05) is 68.7 Å². The minimum atomic E-state index is -0.614. The van der Waals surface area contributed by atoms with E-state index < -0.39 is 11.7 Å². The molecule has 1 aliphatic carbocycles. The van der Waals surface area contributed by atoms with Crippen molar-refractivity contribution in [3.63, 3.8) is 0 Å². The number of hydrogen-bond donors (Lipinski definition) is 2. The molecule has 12 heteroatoms. The highest BCUT2D eigenvalue weighted by Crippen LogP contribution is 2.34. The second-order valence-corrected chi connectivity index (χ2v) is 17.6. The zero-order valence-corrected chi connectivity index (χ0v) is 35.1. The number of benzene rings is 2. The zero-order chi connectivity index (χ0) is 40.8. The highest BCUT2D eigenvalue weighted by Gasteiger charge is 2.27. The van der Waals surface area contributed by atoms with Gasteiger partial charge in [0.2, 0.25) is 11.7 Å². The minimum Gasteiger partial charge on any atom is -0.438 e. The number of thiazole rings is 1. The van der Waals surface area contributed by atoms with Gasteiger partial charge < -0.3 is 20.1 Å². The van der Waals surface area contributed by atoms with Gasteiger partial charge in [-0.1, -0.05) is 50.8 Å². The van der Waals surface area contributed by atoms with E-state index in [0.29, 0.717) is 41.4 Å². The SMILES string of the molecule is C=C(CC1CCC(NC(=O)c2cc(F)cnc2Oc2cccc(-c3ccc(CN4C[C@@H](C)N[C@@H](C)C4)cc3CN3CCOCC3)c2)CC1)C(=O)c1csc(C(C)C)n1. The largest absolute Gasteiger partial charge is 0.438 e. The van der Waals surface area contributed by atoms with E-state index in [1.807, 2.05) is 23.6 Å². The van der Waals surface area contributed by atoms with Gasteiger partial charge >= 0.3 is 0 Å². The number of ether oxygens (including phenoxy) is 2. The molecule has 0 bridgehead atoms. The Balaban J connectivity index is 1.01. The highest BCUT2D eigenvalue weighted by atomic mass is 32.1. The summed E-state index contributed by atoms with van der Waals surface area (Å²) < 4.78 is 26.5. The van der Waals surface area contributed by atoms with Crippen LogP contribution >= 0.6 is 11.3 Å². The van der Waals surface area contributed by atoms with E-state index in [0.717, 1.165) is 100 Å². The van der Waals surface area contributed by atoms with Crippen molar-refractivity contribution < 1.29 is 23.5 Å². The molecule has 0 radical (unpaired) electrons. The van der Waals surface area contributed by atoms with Crippen LogP contribution in [0.2, 0.25) is 0 Å². The van der Waals surface area contributed by atoms with Gasteiger partial charge in [-0.15, -0.1) is 11.3 Å². The number of amides is 1. The molecule has 1 saturated carbocycles. The smallest absolute Gasteiger partial charge is 0.257 e. The van der Waals surface area contributed by atoms with Crippen molar-refractivity contribution in [3.8, 4) is 22.8 Å². The van der Waals surface area contributed by atoms with Gasteiger partial charge in [-0.3, -0.25) is 19.4 Å². The Morgan fingerprint density at radius 1 is 1.02 bits per heavy atom. The Kier molecular flexibility index (Phi) is 13.8. The summed E-state index contributed by atoms with van der Waals surface area (Å²) in [5, 5.41) is 9.50. The number of ketones is 1.